The normalized spacial score (nSPS) is 15.2. The predicted octanol–water partition coefficient (Wildman–Crippen LogP) is 3.76. The third-order valence-electron chi connectivity index (χ3n) is 3.18. The number of hydrogen-bond donors (Lipinski definition) is 1. The van der Waals surface area contributed by atoms with Gasteiger partial charge in [-0.25, -0.2) is 9.97 Å². The van der Waals surface area contributed by atoms with E-state index in [1.807, 2.05) is 30.3 Å². The van der Waals surface area contributed by atoms with E-state index in [4.69, 9.17) is 11.6 Å². The summed E-state index contributed by atoms with van der Waals surface area (Å²) in [6.45, 7) is 0. The van der Waals surface area contributed by atoms with Gasteiger partial charge in [-0.2, -0.15) is 0 Å². The standard InChI is InChI=1S/C14H14ClN3/c15-12-9-13(16-11-7-4-8-11)18-14(17-12)10-5-2-1-3-6-10/h1-3,5-6,9,11H,4,7-8H2,(H,16,17,18). The van der Waals surface area contributed by atoms with E-state index in [2.05, 4.69) is 15.3 Å². The third kappa shape index (κ3) is 2.46. The number of halogens is 1. The smallest absolute Gasteiger partial charge is 0.163 e. The van der Waals surface area contributed by atoms with Gasteiger partial charge >= 0.3 is 0 Å². The number of anilines is 1. The molecule has 0 aliphatic heterocycles. The molecule has 1 saturated carbocycles. The molecule has 1 fully saturated rings. The number of rotatable bonds is 3. The highest BCUT2D eigenvalue weighted by Gasteiger charge is 2.18. The minimum Gasteiger partial charge on any atom is -0.367 e. The Kier molecular flexibility index (Phi) is 3.15. The van der Waals surface area contributed by atoms with Crippen molar-refractivity contribution in [3.05, 3.63) is 41.6 Å². The van der Waals surface area contributed by atoms with Crippen molar-refractivity contribution in [2.75, 3.05) is 5.32 Å². The number of nitrogens with one attached hydrogen (secondary N) is 1. The maximum Gasteiger partial charge on any atom is 0.163 e. The van der Waals surface area contributed by atoms with Crippen molar-refractivity contribution in [2.45, 2.75) is 25.3 Å². The lowest BCUT2D eigenvalue weighted by atomic mass is 9.93. The molecule has 0 atom stereocenters. The predicted molar refractivity (Wildman–Crippen MR) is 73.7 cm³/mol. The Morgan fingerprint density at radius 2 is 1.89 bits per heavy atom. The largest absolute Gasteiger partial charge is 0.367 e. The minimum absolute atomic E-state index is 0.477. The van der Waals surface area contributed by atoms with Gasteiger partial charge in [0.05, 0.1) is 0 Å². The zero-order chi connectivity index (χ0) is 12.4. The number of benzene rings is 1. The average molecular weight is 260 g/mol. The molecule has 0 radical (unpaired) electrons. The molecule has 3 rings (SSSR count). The Labute approximate surface area is 111 Å². The molecular weight excluding hydrogens is 246 g/mol. The highest BCUT2D eigenvalue weighted by atomic mass is 35.5. The van der Waals surface area contributed by atoms with E-state index in [9.17, 15) is 0 Å². The van der Waals surface area contributed by atoms with Crippen molar-refractivity contribution in [1.29, 1.82) is 0 Å². The van der Waals surface area contributed by atoms with Gasteiger partial charge in [-0.15, -0.1) is 0 Å². The van der Waals surface area contributed by atoms with Crippen LogP contribution in [0.4, 0.5) is 5.82 Å². The maximum absolute atomic E-state index is 6.05. The van der Waals surface area contributed by atoms with Crippen LogP contribution >= 0.6 is 11.6 Å². The fourth-order valence-electron chi connectivity index (χ4n) is 1.97. The van der Waals surface area contributed by atoms with Gasteiger partial charge < -0.3 is 5.32 Å². The minimum atomic E-state index is 0.477. The molecule has 1 heterocycles. The molecule has 1 N–H and O–H groups in total. The van der Waals surface area contributed by atoms with Crippen molar-refractivity contribution in [3.63, 3.8) is 0 Å². The van der Waals surface area contributed by atoms with E-state index in [1.54, 1.807) is 6.07 Å². The lowest BCUT2D eigenvalue weighted by Crippen LogP contribution is -2.27. The molecule has 0 spiro atoms. The summed E-state index contributed by atoms with van der Waals surface area (Å²) in [5.41, 5.74) is 0.983. The van der Waals surface area contributed by atoms with Gasteiger partial charge in [0.15, 0.2) is 5.82 Å². The van der Waals surface area contributed by atoms with Gasteiger partial charge in [-0.05, 0) is 19.3 Å². The molecule has 0 amide bonds. The Bertz CT molecular complexity index is 538. The molecule has 1 aromatic heterocycles. The first kappa shape index (κ1) is 11.5. The molecule has 0 unspecified atom stereocenters. The van der Waals surface area contributed by atoms with Crippen molar-refractivity contribution in [2.24, 2.45) is 0 Å². The number of nitrogens with zero attached hydrogens (tertiary/aromatic N) is 2. The van der Waals surface area contributed by atoms with Crippen molar-refractivity contribution >= 4 is 17.4 Å². The van der Waals surface area contributed by atoms with Gasteiger partial charge in [0.1, 0.15) is 11.0 Å². The van der Waals surface area contributed by atoms with Crippen LogP contribution in [-0.2, 0) is 0 Å². The van der Waals surface area contributed by atoms with E-state index in [1.165, 1.54) is 19.3 Å². The number of hydrogen-bond acceptors (Lipinski definition) is 3. The fourth-order valence-corrected chi connectivity index (χ4v) is 2.15. The quantitative estimate of drug-likeness (QED) is 0.853. The second kappa shape index (κ2) is 4.94. The SMILES string of the molecule is Clc1cc(NC2CCC2)nc(-c2ccccc2)n1. The molecule has 3 nitrogen and oxygen atoms in total. The molecule has 1 aliphatic rings. The van der Waals surface area contributed by atoms with Crippen LogP contribution in [0.2, 0.25) is 5.15 Å². The van der Waals surface area contributed by atoms with Gasteiger partial charge in [0, 0.05) is 17.7 Å². The van der Waals surface area contributed by atoms with Crippen molar-refractivity contribution < 1.29 is 0 Å². The maximum atomic E-state index is 6.05. The first-order valence-corrected chi connectivity index (χ1v) is 6.55. The van der Waals surface area contributed by atoms with Crippen LogP contribution in [-0.4, -0.2) is 16.0 Å². The molecule has 1 aromatic carbocycles. The summed E-state index contributed by atoms with van der Waals surface area (Å²) in [5, 5.41) is 3.87. The lowest BCUT2D eigenvalue weighted by molar-refractivity contribution is 0.444. The van der Waals surface area contributed by atoms with Gasteiger partial charge in [0.2, 0.25) is 0 Å². The Balaban J connectivity index is 1.90. The first-order chi connectivity index (χ1) is 8.81. The van der Waals surface area contributed by atoms with E-state index < -0.39 is 0 Å². The lowest BCUT2D eigenvalue weighted by Gasteiger charge is -2.27. The summed E-state index contributed by atoms with van der Waals surface area (Å²) in [6.07, 6.45) is 3.71. The second-order valence-corrected chi connectivity index (χ2v) is 4.92. The van der Waals surface area contributed by atoms with Gasteiger partial charge in [0.25, 0.3) is 0 Å². The Hall–Kier alpha value is -1.61. The first-order valence-electron chi connectivity index (χ1n) is 6.18. The topological polar surface area (TPSA) is 37.8 Å². The highest BCUT2D eigenvalue weighted by molar-refractivity contribution is 6.29. The van der Waals surface area contributed by atoms with Crippen LogP contribution in [0.15, 0.2) is 36.4 Å². The van der Waals surface area contributed by atoms with Crippen LogP contribution in [0.25, 0.3) is 11.4 Å². The van der Waals surface area contributed by atoms with Crippen molar-refractivity contribution in [1.82, 2.24) is 9.97 Å². The van der Waals surface area contributed by atoms with Crippen LogP contribution < -0.4 is 5.32 Å². The van der Waals surface area contributed by atoms with E-state index in [-0.39, 0.29) is 0 Å². The molecule has 18 heavy (non-hydrogen) atoms. The second-order valence-electron chi connectivity index (χ2n) is 4.54. The Morgan fingerprint density at radius 3 is 2.56 bits per heavy atom. The Morgan fingerprint density at radius 1 is 1.11 bits per heavy atom. The van der Waals surface area contributed by atoms with Gasteiger partial charge in [-0.3, -0.25) is 0 Å². The summed E-state index contributed by atoms with van der Waals surface area (Å²) < 4.78 is 0. The summed E-state index contributed by atoms with van der Waals surface area (Å²) in [5.74, 6) is 1.49. The van der Waals surface area contributed by atoms with E-state index in [0.29, 0.717) is 17.0 Å². The van der Waals surface area contributed by atoms with Crippen LogP contribution in [0, 0.1) is 0 Å². The van der Waals surface area contributed by atoms with Crippen LogP contribution in [0.5, 0.6) is 0 Å². The van der Waals surface area contributed by atoms with E-state index in [0.717, 1.165) is 11.4 Å². The molecule has 0 saturated heterocycles. The zero-order valence-corrected chi connectivity index (χ0v) is 10.7. The molecule has 0 bridgehead atoms. The molecule has 1 aliphatic carbocycles. The molecule has 92 valence electrons. The fraction of sp³-hybridized carbons (Fsp3) is 0.286. The van der Waals surface area contributed by atoms with Crippen molar-refractivity contribution in [3.8, 4) is 11.4 Å². The van der Waals surface area contributed by atoms with E-state index >= 15 is 0 Å². The zero-order valence-electron chi connectivity index (χ0n) is 9.94. The number of aromatic nitrogens is 2. The monoisotopic (exact) mass is 259 g/mol. The molecule has 4 heteroatoms. The highest BCUT2D eigenvalue weighted by Crippen LogP contribution is 2.25. The third-order valence-corrected chi connectivity index (χ3v) is 3.38. The van der Waals surface area contributed by atoms with Gasteiger partial charge in [-0.1, -0.05) is 41.9 Å². The summed E-state index contributed by atoms with van der Waals surface area (Å²) >= 11 is 6.05. The average Bonchev–Trinajstić information content (AvgIpc) is 2.34. The summed E-state index contributed by atoms with van der Waals surface area (Å²) in [4.78, 5) is 8.79. The molecule has 2 aromatic rings. The summed E-state index contributed by atoms with van der Waals surface area (Å²) in [6, 6.07) is 12.2. The molecular formula is C14H14ClN3. The van der Waals surface area contributed by atoms with Crippen LogP contribution in [0.1, 0.15) is 19.3 Å². The summed E-state index contributed by atoms with van der Waals surface area (Å²) in [7, 11) is 0. The van der Waals surface area contributed by atoms with Crippen LogP contribution in [0.3, 0.4) is 0 Å².